The van der Waals surface area contributed by atoms with Gasteiger partial charge in [0.15, 0.2) is 0 Å². The van der Waals surface area contributed by atoms with E-state index < -0.39 is 0 Å². The van der Waals surface area contributed by atoms with Gasteiger partial charge in [0, 0.05) is 38.7 Å². The largest absolute Gasteiger partial charge is 0.497 e. The molecule has 124 valence electrons. The molecule has 0 radical (unpaired) electrons. The summed E-state index contributed by atoms with van der Waals surface area (Å²) in [4.78, 5) is 14.5. The Kier molecular flexibility index (Phi) is 4.57. The van der Waals surface area contributed by atoms with E-state index in [1.165, 1.54) is 6.42 Å². The number of aryl methyl sites for hydroxylation is 1. The maximum atomic E-state index is 12.8. The first-order chi connectivity index (χ1) is 11.1. The quantitative estimate of drug-likeness (QED) is 0.871. The number of hydrogen-bond acceptors (Lipinski definition) is 3. The number of fused-ring (bicyclic) bond motifs is 1. The molecule has 1 saturated heterocycles. The van der Waals surface area contributed by atoms with Crippen molar-refractivity contribution in [3.8, 4) is 5.75 Å². The fourth-order valence-electron chi connectivity index (χ4n) is 3.18. The van der Waals surface area contributed by atoms with Crippen molar-refractivity contribution in [1.82, 2.24) is 9.47 Å². The Bertz CT molecular complexity index is 702. The molecule has 1 amide bonds. The molecular formula is C18H24N2O3. The molecule has 0 aliphatic carbocycles. The molecule has 5 heteroatoms. The first kappa shape index (κ1) is 15.9. The van der Waals surface area contributed by atoms with Crippen LogP contribution >= 0.6 is 0 Å². The molecule has 1 aliphatic heterocycles. The zero-order valence-corrected chi connectivity index (χ0v) is 14.0. The number of nitrogens with zero attached hydrogens (tertiary/aromatic N) is 2. The van der Waals surface area contributed by atoms with E-state index in [4.69, 9.17) is 9.47 Å². The second-order valence-corrected chi connectivity index (χ2v) is 6.19. The van der Waals surface area contributed by atoms with Crippen LogP contribution in [0.25, 0.3) is 10.9 Å². The van der Waals surface area contributed by atoms with Gasteiger partial charge in [0.25, 0.3) is 5.91 Å². The first-order valence-electron chi connectivity index (χ1n) is 8.10. The second kappa shape index (κ2) is 6.62. The lowest BCUT2D eigenvalue weighted by Gasteiger charge is -2.27. The predicted molar refractivity (Wildman–Crippen MR) is 90.0 cm³/mol. The summed E-state index contributed by atoms with van der Waals surface area (Å²) >= 11 is 0. The SMILES string of the molecule is COc1ccc2cc(C(=O)N(C)C[C@H]3CCCCO3)n(C)c2c1. The number of amides is 1. The second-order valence-electron chi connectivity index (χ2n) is 6.19. The molecule has 0 unspecified atom stereocenters. The Balaban J connectivity index is 1.80. The van der Waals surface area contributed by atoms with Crippen LogP contribution in [0.15, 0.2) is 24.3 Å². The molecule has 1 aromatic carbocycles. The van der Waals surface area contributed by atoms with Gasteiger partial charge in [0.1, 0.15) is 11.4 Å². The minimum absolute atomic E-state index is 0.0249. The molecule has 2 heterocycles. The van der Waals surface area contributed by atoms with Crippen molar-refractivity contribution in [2.45, 2.75) is 25.4 Å². The van der Waals surface area contributed by atoms with Gasteiger partial charge in [-0.3, -0.25) is 4.79 Å². The predicted octanol–water partition coefficient (Wildman–Crippen LogP) is 2.83. The average Bonchev–Trinajstić information content (AvgIpc) is 2.91. The van der Waals surface area contributed by atoms with Crippen molar-refractivity contribution >= 4 is 16.8 Å². The van der Waals surface area contributed by atoms with E-state index in [-0.39, 0.29) is 12.0 Å². The van der Waals surface area contributed by atoms with Crippen molar-refractivity contribution in [2.75, 3.05) is 27.3 Å². The topological polar surface area (TPSA) is 43.7 Å². The van der Waals surface area contributed by atoms with Crippen LogP contribution in [-0.2, 0) is 11.8 Å². The molecule has 2 aromatic rings. The summed E-state index contributed by atoms with van der Waals surface area (Å²) in [5.74, 6) is 0.818. The Hall–Kier alpha value is -2.01. The maximum Gasteiger partial charge on any atom is 0.270 e. The molecule has 3 rings (SSSR count). The third-order valence-electron chi connectivity index (χ3n) is 4.57. The van der Waals surface area contributed by atoms with Gasteiger partial charge in [-0.15, -0.1) is 0 Å². The summed E-state index contributed by atoms with van der Waals surface area (Å²) in [7, 11) is 5.41. The number of benzene rings is 1. The highest BCUT2D eigenvalue weighted by Gasteiger charge is 2.22. The maximum absolute atomic E-state index is 12.8. The first-order valence-corrected chi connectivity index (χ1v) is 8.10. The summed E-state index contributed by atoms with van der Waals surface area (Å²) in [6.07, 6.45) is 3.50. The van der Waals surface area contributed by atoms with E-state index in [0.29, 0.717) is 12.2 Å². The van der Waals surface area contributed by atoms with E-state index in [1.54, 1.807) is 12.0 Å². The molecule has 5 nitrogen and oxygen atoms in total. The molecule has 0 N–H and O–H groups in total. The molecule has 0 bridgehead atoms. The average molecular weight is 316 g/mol. The van der Waals surface area contributed by atoms with Crippen molar-refractivity contribution in [2.24, 2.45) is 7.05 Å². The third kappa shape index (κ3) is 3.20. The van der Waals surface area contributed by atoms with Gasteiger partial charge in [-0.1, -0.05) is 0 Å². The molecule has 23 heavy (non-hydrogen) atoms. The van der Waals surface area contributed by atoms with Crippen LogP contribution in [-0.4, -0.2) is 48.8 Å². The molecule has 0 spiro atoms. The number of ether oxygens (including phenoxy) is 2. The zero-order chi connectivity index (χ0) is 16.4. The van der Waals surface area contributed by atoms with Crippen LogP contribution in [0.5, 0.6) is 5.75 Å². The molecular weight excluding hydrogens is 292 g/mol. The van der Waals surface area contributed by atoms with Crippen molar-refractivity contribution < 1.29 is 14.3 Å². The van der Waals surface area contributed by atoms with Crippen LogP contribution in [0, 0.1) is 0 Å². The van der Waals surface area contributed by atoms with Crippen LogP contribution in [0.4, 0.5) is 0 Å². The summed E-state index contributed by atoms with van der Waals surface area (Å²) in [6.45, 7) is 1.45. The van der Waals surface area contributed by atoms with Crippen LogP contribution in [0.3, 0.4) is 0 Å². The normalized spacial score (nSPS) is 18.1. The van der Waals surface area contributed by atoms with Crippen LogP contribution in [0.1, 0.15) is 29.8 Å². The summed E-state index contributed by atoms with van der Waals surface area (Å²) < 4.78 is 12.9. The van der Waals surface area contributed by atoms with Gasteiger partial charge in [-0.2, -0.15) is 0 Å². The third-order valence-corrected chi connectivity index (χ3v) is 4.57. The Morgan fingerprint density at radius 3 is 2.91 bits per heavy atom. The minimum Gasteiger partial charge on any atom is -0.497 e. The number of carbonyl (C=O) groups is 1. The summed E-state index contributed by atoms with van der Waals surface area (Å²) in [5.41, 5.74) is 1.68. The lowest BCUT2D eigenvalue weighted by Crippen LogP contribution is -2.37. The van der Waals surface area contributed by atoms with Gasteiger partial charge in [0.05, 0.1) is 18.7 Å². The van der Waals surface area contributed by atoms with Gasteiger partial charge in [-0.05, 0) is 37.5 Å². The highest BCUT2D eigenvalue weighted by molar-refractivity contribution is 5.98. The molecule has 1 fully saturated rings. The highest BCUT2D eigenvalue weighted by atomic mass is 16.5. The Morgan fingerprint density at radius 1 is 1.39 bits per heavy atom. The molecule has 1 aliphatic rings. The lowest BCUT2D eigenvalue weighted by molar-refractivity contribution is -0.000345. The van der Waals surface area contributed by atoms with Crippen LogP contribution in [0.2, 0.25) is 0 Å². The van der Waals surface area contributed by atoms with Crippen molar-refractivity contribution in [3.63, 3.8) is 0 Å². The summed E-state index contributed by atoms with van der Waals surface area (Å²) in [5, 5.41) is 1.04. The van der Waals surface area contributed by atoms with Crippen molar-refractivity contribution in [1.29, 1.82) is 0 Å². The van der Waals surface area contributed by atoms with Crippen LogP contribution < -0.4 is 4.74 Å². The highest BCUT2D eigenvalue weighted by Crippen LogP contribution is 2.24. The fourth-order valence-corrected chi connectivity index (χ4v) is 3.18. The number of rotatable bonds is 4. The van der Waals surface area contributed by atoms with Gasteiger partial charge in [0.2, 0.25) is 0 Å². The Labute approximate surface area is 136 Å². The van der Waals surface area contributed by atoms with E-state index >= 15 is 0 Å². The number of methoxy groups -OCH3 is 1. The lowest BCUT2D eigenvalue weighted by atomic mass is 10.1. The minimum atomic E-state index is 0.0249. The number of hydrogen-bond donors (Lipinski definition) is 0. The van der Waals surface area contributed by atoms with Gasteiger partial charge >= 0.3 is 0 Å². The standard InChI is InChI=1S/C18H24N2O3/c1-19(12-15-6-4-5-9-23-15)18(21)17-10-13-7-8-14(22-3)11-16(13)20(17)2/h7-8,10-11,15H,4-6,9,12H2,1-3H3/t15-/m1/s1. The monoisotopic (exact) mass is 316 g/mol. The zero-order valence-electron chi connectivity index (χ0n) is 14.0. The number of likely N-dealkylation sites (N-methyl/N-ethyl adjacent to an activating group) is 1. The van der Waals surface area contributed by atoms with Gasteiger partial charge in [-0.25, -0.2) is 0 Å². The van der Waals surface area contributed by atoms with E-state index in [1.807, 2.05) is 42.9 Å². The van der Waals surface area contributed by atoms with Crippen molar-refractivity contribution in [3.05, 3.63) is 30.0 Å². The van der Waals surface area contributed by atoms with E-state index in [0.717, 1.165) is 36.1 Å². The molecule has 0 saturated carbocycles. The fraction of sp³-hybridized carbons (Fsp3) is 0.500. The molecule has 1 atom stereocenters. The molecule has 1 aromatic heterocycles. The summed E-state index contributed by atoms with van der Waals surface area (Å²) in [6, 6.07) is 7.79. The smallest absolute Gasteiger partial charge is 0.270 e. The van der Waals surface area contributed by atoms with E-state index in [9.17, 15) is 4.79 Å². The van der Waals surface area contributed by atoms with Gasteiger partial charge < -0.3 is 18.9 Å². The number of aromatic nitrogens is 1. The van der Waals surface area contributed by atoms with E-state index in [2.05, 4.69) is 0 Å². The Morgan fingerprint density at radius 2 is 2.22 bits per heavy atom. The number of carbonyl (C=O) groups excluding carboxylic acids is 1.